The lowest BCUT2D eigenvalue weighted by molar-refractivity contribution is -0.134. The van der Waals surface area contributed by atoms with Crippen molar-refractivity contribution in [3.63, 3.8) is 0 Å². The highest BCUT2D eigenvalue weighted by Gasteiger charge is 2.23. The van der Waals surface area contributed by atoms with Gasteiger partial charge in [0.1, 0.15) is 4.90 Å². The minimum Gasteiger partial charge on any atom is -0.425 e. The molecular formula is C20H25NO4S. The van der Waals surface area contributed by atoms with Crippen LogP contribution in [0.15, 0.2) is 41.3 Å². The van der Waals surface area contributed by atoms with Crippen molar-refractivity contribution in [3.8, 4) is 5.75 Å². The van der Waals surface area contributed by atoms with E-state index >= 15 is 0 Å². The van der Waals surface area contributed by atoms with Gasteiger partial charge < -0.3 is 4.74 Å². The Balaban J connectivity index is 2.17. The third kappa shape index (κ3) is 4.71. The van der Waals surface area contributed by atoms with Gasteiger partial charge in [0, 0.05) is 20.5 Å². The van der Waals surface area contributed by atoms with Crippen LogP contribution in [0.5, 0.6) is 5.75 Å². The van der Waals surface area contributed by atoms with Gasteiger partial charge in [0.25, 0.3) is 0 Å². The van der Waals surface area contributed by atoms with E-state index in [1.807, 2.05) is 26.0 Å². The topological polar surface area (TPSA) is 63.7 Å². The molecule has 0 heterocycles. The van der Waals surface area contributed by atoms with E-state index in [0.29, 0.717) is 6.42 Å². The van der Waals surface area contributed by atoms with E-state index in [1.165, 1.54) is 31.8 Å². The average molecular weight is 375 g/mol. The summed E-state index contributed by atoms with van der Waals surface area (Å²) in [7, 11) is -0.802. The van der Waals surface area contributed by atoms with Crippen molar-refractivity contribution in [3.05, 3.63) is 58.7 Å². The molecule has 0 radical (unpaired) electrons. The molecule has 0 aromatic heterocycles. The molecule has 2 aromatic carbocycles. The molecule has 0 amide bonds. The second-order valence-corrected chi connectivity index (χ2v) is 8.76. The maximum atomic E-state index is 12.5. The first kappa shape index (κ1) is 20.1. The van der Waals surface area contributed by atoms with Crippen LogP contribution in [0.1, 0.15) is 28.7 Å². The molecule has 0 aliphatic rings. The van der Waals surface area contributed by atoms with Crippen LogP contribution in [0.2, 0.25) is 0 Å². The number of carbonyl (C=O) groups excluding carboxylic acids is 1. The molecule has 0 bridgehead atoms. The van der Waals surface area contributed by atoms with Crippen LogP contribution in [0.25, 0.3) is 0 Å². The Morgan fingerprint density at radius 2 is 1.62 bits per heavy atom. The molecule has 0 unspecified atom stereocenters. The second-order valence-electron chi connectivity index (χ2n) is 6.64. The van der Waals surface area contributed by atoms with E-state index in [9.17, 15) is 13.2 Å². The zero-order valence-electron chi connectivity index (χ0n) is 15.9. The van der Waals surface area contributed by atoms with Crippen molar-refractivity contribution < 1.29 is 17.9 Å². The molecular weight excluding hydrogens is 350 g/mol. The molecule has 140 valence electrons. The maximum absolute atomic E-state index is 12.5. The van der Waals surface area contributed by atoms with Crippen molar-refractivity contribution in [2.45, 2.75) is 38.5 Å². The van der Waals surface area contributed by atoms with Gasteiger partial charge in [0.05, 0.1) is 0 Å². The second kappa shape index (κ2) is 8.01. The highest BCUT2D eigenvalue weighted by atomic mass is 32.2. The minimum atomic E-state index is -3.70. The third-order valence-electron chi connectivity index (χ3n) is 4.18. The van der Waals surface area contributed by atoms with Crippen molar-refractivity contribution in [1.82, 2.24) is 4.31 Å². The lowest BCUT2D eigenvalue weighted by Crippen LogP contribution is -2.23. The first-order chi connectivity index (χ1) is 12.1. The summed E-state index contributed by atoms with van der Waals surface area (Å²) < 4.78 is 31.4. The summed E-state index contributed by atoms with van der Waals surface area (Å²) in [5.41, 5.74) is 4.16. The Morgan fingerprint density at radius 1 is 1.00 bits per heavy atom. The standard InChI is InChI=1S/C20H25NO4S/c1-14-6-8-17(16(3)12-14)9-11-20(22)25-18-10-7-15(2)13-19(18)26(23,24)21(4)5/h6-8,10,12-13H,9,11H2,1-5H3. The number of hydrogen-bond donors (Lipinski definition) is 0. The van der Waals surface area contributed by atoms with E-state index in [2.05, 4.69) is 6.07 Å². The molecule has 2 aromatic rings. The highest BCUT2D eigenvalue weighted by molar-refractivity contribution is 7.89. The summed E-state index contributed by atoms with van der Waals surface area (Å²) >= 11 is 0. The van der Waals surface area contributed by atoms with Crippen LogP contribution < -0.4 is 4.74 Å². The largest absolute Gasteiger partial charge is 0.425 e. The smallest absolute Gasteiger partial charge is 0.311 e. The van der Waals surface area contributed by atoms with Gasteiger partial charge in [-0.05, 0) is 56.0 Å². The molecule has 2 rings (SSSR count). The Hall–Kier alpha value is -2.18. The fourth-order valence-corrected chi connectivity index (χ4v) is 3.73. The average Bonchev–Trinajstić information content (AvgIpc) is 2.55. The fraction of sp³-hybridized carbons (Fsp3) is 0.350. The summed E-state index contributed by atoms with van der Waals surface area (Å²) in [4.78, 5) is 12.3. The molecule has 5 nitrogen and oxygen atoms in total. The molecule has 0 fully saturated rings. The number of aryl methyl sites for hydroxylation is 4. The molecule has 0 atom stereocenters. The molecule has 0 N–H and O–H groups in total. The first-order valence-electron chi connectivity index (χ1n) is 8.41. The predicted molar refractivity (Wildman–Crippen MR) is 102 cm³/mol. The van der Waals surface area contributed by atoms with Crippen molar-refractivity contribution in [1.29, 1.82) is 0 Å². The zero-order valence-corrected chi connectivity index (χ0v) is 16.7. The van der Waals surface area contributed by atoms with Crippen molar-refractivity contribution >= 4 is 16.0 Å². The Labute approximate surface area is 155 Å². The van der Waals surface area contributed by atoms with Crippen LogP contribution in [0, 0.1) is 20.8 Å². The predicted octanol–water partition coefficient (Wildman–Crippen LogP) is 3.40. The highest BCUT2D eigenvalue weighted by Crippen LogP contribution is 2.27. The van der Waals surface area contributed by atoms with Gasteiger partial charge in [-0.15, -0.1) is 0 Å². The van der Waals surface area contributed by atoms with Crippen molar-refractivity contribution in [2.75, 3.05) is 14.1 Å². The molecule has 0 spiro atoms. The van der Waals surface area contributed by atoms with E-state index < -0.39 is 16.0 Å². The van der Waals surface area contributed by atoms with Crippen LogP contribution >= 0.6 is 0 Å². The van der Waals surface area contributed by atoms with Gasteiger partial charge in [0.15, 0.2) is 5.75 Å². The first-order valence-corrected chi connectivity index (χ1v) is 9.85. The van der Waals surface area contributed by atoms with Crippen LogP contribution in [-0.4, -0.2) is 32.8 Å². The van der Waals surface area contributed by atoms with E-state index in [-0.39, 0.29) is 17.1 Å². The number of benzene rings is 2. The molecule has 0 aliphatic carbocycles. The number of sulfonamides is 1. The summed E-state index contributed by atoms with van der Waals surface area (Å²) in [6, 6.07) is 10.9. The molecule has 0 saturated carbocycles. The quantitative estimate of drug-likeness (QED) is 0.573. The van der Waals surface area contributed by atoms with Gasteiger partial charge in [-0.25, -0.2) is 12.7 Å². The number of esters is 1. The van der Waals surface area contributed by atoms with Gasteiger partial charge in [-0.1, -0.05) is 29.8 Å². The summed E-state index contributed by atoms with van der Waals surface area (Å²) in [5, 5.41) is 0. The Bertz CT molecular complexity index is 917. The number of nitrogens with zero attached hydrogens (tertiary/aromatic N) is 1. The number of ether oxygens (including phenoxy) is 1. The van der Waals surface area contributed by atoms with Gasteiger partial charge in [-0.2, -0.15) is 0 Å². The summed E-state index contributed by atoms with van der Waals surface area (Å²) in [6.07, 6.45) is 0.728. The summed E-state index contributed by atoms with van der Waals surface area (Å²) in [5.74, 6) is -0.390. The van der Waals surface area contributed by atoms with Gasteiger partial charge in [0.2, 0.25) is 10.0 Å². The van der Waals surface area contributed by atoms with Crippen LogP contribution in [0.3, 0.4) is 0 Å². The number of rotatable bonds is 6. The summed E-state index contributed by atoms with van der Waals surface area (Å²) in [6.45, 7) is 5.82. The Morgan fingerprint density at radius 3 is 2.23 bits per heavy atom. The van der Waals surface area contributed by atoms with E-state index in [1.54, 1.807) is 13.0 Å². The number of hydrogen-bond acceptors (Lipinski definition) is 4. The van der Waals surface area contributed by atoms with Crippen LogP contribution in [0.4, 0.5) is 0 Å². The van der Waals surface area contributed by atoms with Crippen LogP contribution in [-0.2, 0) is 21.2 Å². The molecule has 0 saturated heterocycles. The third-order valence-corrected chi connectivity index (χ3v) is 6.01. The zero-order chi connectivity index (χ0) is 19.5. The van der Waals surface area contributed by atoms with Crippen molar-refractivity contribution in [2.24, 2.45) is 0 Å². The van der Waals surface area contributed by atoms with Gasteiger partial charge >= 0.3 is 5.97 Å². The monoisotopic (exact) mass is 375 g/mol. The van der Waals surface area contributed by atoms with E-state index in [0.717, 1.165) is 21.0 Å². The maximum Gasteiger partial charge on any atom is 0.311 e. The lowest BCUT2D eigenvalue weighted by atomic mass is 10.0. The lowest BCUT2D eigenvalue weighted by Gasteiger charge is -2.15. The van der Waals surface area contributed by atoms with Gasteiger partial charge in [-0.3, -0.25) is 4.79 Å². The normalized spacial score (nSPS) is 11.6. The fourth-order valence-electron chi connectivity index (χ4n) is 2.63. The minimum absolute atomic E-state index is 0.00219. The van der Waals surface area contributed by atoms with E-state index in [4.69, 9.17) is 4.74 Å². The number of carbonyl (C=O) groups is 1. The molecule has 26 heavy (non-hydrogen) atoms. The molecule has 6 heteroatoms. The molecule has 0 aliphatic heterocycles. The SMILES string of the molecule is Cc1ccc(CCC(=O)Oc2ccc(C)cc2S(=O)(=O)N(C)C)c(C)c1. The Kier molecular flexibility index (Phi) is 6.21.